The average molecular weight is 546 g/mol. The first-order valence-electron chi connectivity index (χ1n) is 15.5. The van der Waals surface area contributed by atoms with Crippen LogP contribution in [0.5, 0.6) is 0 Å². The average Bonchev–Trinajstić information content (AvgIpc) is 2.86. The van der Waals surface area contributed by atoms with E-state index in [-0.39, 0.29) is 52.6 Å². The minimum Gasteiger partial charge on any atom is -0.481 e. The summed E-state index contributed by atoms with van der Waals surface area (Å²) in [4.78, 5) is 26.5. The zero-order valence-corrected chi connectivity index (χ0v) is 24.7. The summed E-state index contributed by atoms with van der Waals surface area (Å²) in [6, 6.07) is 0. The standard InChI is InChI=1S/C32H51NO6/c1-6-11-31(4,33)16-39-29-22-15-38-17-32(14-26(29)37-5)23(22)10-9-20-21-8-7-19(12-18(2)3)27(30(35)36)28(21)25(34)13-24(20)32/h13,18-23,26-29H,6-12,14-17,33H2,1-5H3,(H,35,36)/t19?,20?,21?,22?,23?,26-,27?,28?,29-,31?,32+/m1/s1. The lowest BCUT2D eigenvalue weighted by molar-refractivity contribution is -0.223. The molecule has 0 spiro atoms. The second-order valence-electron chi connectivity index (χ2n) is 14.3. The van der Waals surface area contributed by atoms with Crippen LogP contribution in [0.25, 0.3) is 0 Å². The summed E-state index contributed by atoms with van der Waals surface area (Å²) in [5.41, 5.74) is 7.15. The molecule has 7 heteroatoms. The van der Waals surface area contributed by atoms with Crippen LogP contribution in [0.15, 0.2) is 11.6 Å². The molecule has 0 amide bonds. The van der Waals surface area contributed by atoms with Gasteiger partial charge in [-0.05, 0) is 87.5 Å². The first-order valence-corrected chi connectivity index (χ1v) is 15.5. The third kappa shape index (κ3) is 5.15. The number of carbonyl (C=O) groups excluding carboxylic acids is 1. The van der Waals surface area contributed by atoms with Gasteiger partial charge < -0.3 is 25.1 Å². The van der Waals surface area contributed by atoms with Crippen LogP contribution in [0.1, 0.15) is 79.1 Å². The molecule has 0 aromatic rings. The molecule has 39 heavy (non-hydrogen) atoms. The van der Waals surface area contributed by atoms with Crippen LogP contribution < -0.4 is 5.73 Å². The SMILES string of the molecule is CCCC(C)(N)CO[C@@H]1C2COC[C@]3(C[C@H]1OC)C1=CC(=O)C4C(CCC(CC(C)C)C4C(=O)O)C1CCC23. The fraction of sp³-hybridized carbons (Fsp3) is 0.875. The van der Waals surface area contributed by atoms with Crippen LogP contribution >= 0.6 is 0 Å². The number of carboxylic acid groups (broad SMARTS) is 1. The fourth-order valence-corrected chi connectivity index (χ4v) is 9.80. The molecule has 2 bridgehead atoms. The molecule has 1 saturated heterocycles. The number of ether oxygens (including phenoxy) is 3. The van der Waals surface area contributed by atoms with E-state index in [0.717, 1.165) is 51.4 Å². The van der Waals surface area contributed by atoms with E-state index in [0.29, 0.717) is 31.7 Å². The molecule has 0 aromatic carbocycles. The van der Waals surface area contributed by atoms with Gasteiger partial charge >= 0.3 is 5.97 Å². The quantitative estimate of drug-likeness (QED) is 0.426. The molecular formula is C32H51NO6. The largest absolute Gasteiger partial charge is 0.481 e. The van der Waals surface area contributed by atoms with Crippen LogP contribution in [-0.2, 0) is 23.8 Å². The van der Waals surface area contributed by atoms with Gasteiger partial charge in [0.1, 0.15) is 0 Å². The van der Waals surface area contributed by atoms with Crippen molar-refractivity contribution < 1.29 is 28.9 Å². The summed E-state index contributed by atoms with van der Waals surface area (Å²) in [5, 5.41) is 10.3. The van der Waals surface area contributed by atoms with Crippen molar-refractivity contribution in [3.05, 3.63) is 11.6 Å². The van der Waals surface area contributed by atoms with Gasteiger partial charge in [0.15, 0.2) is 5.78 Å². The number of hydrogen-bond donors (Lipinski definition) is 2. The molecule has 7 nitrogen and oxygen atoms in total. The van der Waals surface area contributed by atoms with Crippen LogP contribution in [0.2, 0.25) is 0 Å². The van der Waals surface area contributed by atoms with E-state index in [9.17, 15) is 14.7 Å². The Bertz CT molecular complexity index is 960. The maximum atomic E-state index is 13.9. The number of carbonyl (C=O) groups is 2. The molecule has 5 aliphatic rings. The molecule has 3 N–H and O–H groups in total. The van der Waals surface area contributed by atoms with Gasteiger partial charge in [-0.1, -0.05) is 32.8 Å². The highest BCUT2D eigenvalue weighted by Crippen LogP contribution is 2.64. The predicted octanol–water partition coefficient (Wildman–Crippen LogP) is 4.87. The summed E-state index contributed by atoms with van der Waals surface area (Å²) < 4.78 is 19.0. The Labute approximate surface area is 234 Å². The van der Waals surface area contributed by atoms with E-state index in [4.69, 9.17) is 19.9 Å². The second kappa shape index (κ2) is 11.2. The molecule has 3 saturated carbocycles. The Morgan fingerprint density at radius 3 is 2.69 bits per heavy atom. The first-order chi connectivity index (χ1) is 18.5. The number of methoxy groups -OCH3 is 1. The lowest BCUT2D eigenvalue weighted by Gasteiger charge is -2.63. The predicted molar refractivity (Wildman–Crippen MR) is 149 cm³/mol. The molecule has 8 unspecified atom stereocenters. The van der Waals surface area contributed by atoms with Gasteiger partial charge in [-0.2, -0.15) is 0 Å². The number of carboxylic acids is 1. The van der Waals surface area contributed by atoms with E-state index in [1.54, 1.807) is 7.11 Å². The number of rotatable bonds is 9. The molecular weight excluding hydrogens is 494 g/mol. The van der Waals surface area contributed by atoms with E-state index in [1.807, 2.05) is 6.08 Å². The number of hydrogen-bond acceptors (Lipinski definition) is 6. The number of ketones is 1. The Hall–Kier alpha value is -1.28. The van der Waals surface area contributed by atoms with Gasteiger partial charge in [-0.3, -0.25) is 9.59 Å². The lowest BCUT2D eigenvalue weighted by atomic mass is 9.45. The van der Waals surface area contributed by atoms with E-state index in [2.05, 4.69) is 27.7 Å². The molecule has 0 aromatic heterocycles. The van der Waals surface area contributed by atoms with Crippen molar-refractivity contribution in [1.82, 2.24) is 0 Å². The fourth-order valence-electron chi connectivity index (χ4n) is 9.80. The van der Waals surface area contributed by atoms with Gasteiger partial charge in [-0.25, -0.2) is 0 Å². The summed E-state index contributed by atoms with van der Waals surface area (Å²) in [6.45, 7) is 10.2. The highest BCUT2D eigenvalue weighted by atomic mass is 16.5. The van der Waals surface area contributed by atoms with Crippen LogP contribution in [-0.4, -0.2) is 61.5 Å². The molecule has 11 atom stereocenters. The highest BCUT2D eigenvalue weighted by Gasteiger charge is 2.63. The van der Waals surface area contributed by atoms with Crippen molar-refractivity contribution in [2.45, 2.75) is 96.8 Å². The molecule has 5 rings (SSSR count). The number of nitrogens with two attached hydrogens (primary N) is 1. The monoisotopic (exact) mass is 545 g/mol. The van der Waals surface area contributed by atoms with Crippen molar-refractivity contribution in [2.24, 2.45) is 58.5 Å². The van der Waals surface area contributed by atoms with Gasteiger partial charge in [0.05, 0.1) is 37.9 Å². The Balaban J connectivity index is 1.45. The third-order valence-electron chi connectivity index (χ3n) is 11.2. The van der Waals surface area contributed by atoms with Crippen LogP contribution in [0.3, 0.4) is 0 Å². The lowest BCUT2D eigenvalue weighted by Crippen LogP contribution is -2.64. The maximum Gasteiger partial charge on any atom is 0.307 e. The summed E-state index contributed by atoms with van der Waals surface area (Å²) in [5.74, 6) is -0.310. The Kier molecular flexibility index (Phi) is 8.38. The van der Waals surface area contributed by atoms with E-state index >= 15 is 0 Å². The zero-order valence-electron chi connectivity index (χ0n) is 24.7. The van der Waals surface area contributed by atoms with E-state index in [1.165, 1.54) is 5.57 Å². The topological polar surface area (TPSA) is 108 Å². The normalized spacial score (nSPS) is 43.1. The summed E-state index contributed by atoms with van der Waals surface area (Å²) >= 11 is 0. The van der Waals surface area contributed by atoms with Crippen molar-refractivity contribution in [1.29, 1.82) is 0 Å². The van der Waals surface area contributed by atoms with Gasteiger partial charge in [-0.15, -0.1) is 0 Å². The van der Waals surface area contributed by atoms with Crippen molar-refractivity contribution >= 4 is 11.8 Å². The zero-order chi connectivity index (χ0) is 28.1. The van der Waals surface area contributed by atoms with Crippen molar-refractivity contribution in [2.75, 3.05) is 26.9 Å². The maximum absolute atomic E-state index is 13.9. The minimum absolute atomic E-state index is 0.0371. The molecule has 0 radical (unpaired) electrons. The summed E-state index contributed by atoms with van der Waals surface area (Å²) in [6.07, 6.45) is 9.19. The van der Waals surface area contributed by atoms with Gasteiger partial charge in [0.25, 0.3) is 0 Å². The third-order valence-corrected chi connectivity index (χ3v) is 11.2. The first kappa shape index (κ1) is 29.2. The van der Waals surface area contributed by atoms with Gasteiger partial charge in [0.2, 0.25) is 0 Å². The number of fused-ring (bicyclic) bond motifs is 3. The molecule has 4 fully saturated rings. The number of aliphatic carboxylic acids is 1. The van der Waals surface area contributed by atoms with Gasteiger partial charge in [0, 0.05) is 29.9 Å². The van der Waals surface area contributed by atoms with Crippen molar-refractivity contribution in [3.63, 3.8) is 0 Å². The molecule has 220 valence electrons. The van der Waals surface area contributed by atoms with E-state index < -0.39 is 17.8 Å². The highest BCUT2D eigenvalue weighted by molar-refractivity contribution is 5.97. The minimum atomic E-state index is -0.791. The Morgan fingerprint density at radius 2 is 2.03 bits per heavy atom. The molecule has 1 aliphatic heterocycles. The molecule has 4 aliphatic carbocycles. The van der Waals surface area contributed by atoms with Crippen molar-refractivity contribution in [3.8, 4) is 0 Å². The number of allylic oxidation sites excluding steroid dienone is 1. The molecule has 1 heterocycles. The van der Waals surface area contributed by atoms with Crippen LogP contribution in [0, 0.1) is 52.8 Å². The second-order valence-corrected chi connectivity index (χ2v) is 14.3. The van der Waals surface area contributed by atoms with Crippen LogP contribution in [0.4, 0.5) is 0 Å². The Morgan fingerprint density at radius 1 is 1.26 bits per heavy atom. The smallest absolute Gasteiger partial charge is 0.307 e. The summed E-state index contributed by atoms with van der Waals surface area (Å²) in [7, 11) is 1.77.